The van der Waals surface area contributed by atoms with Gasteiger partial charge in [0.15, 0.2) is 0 Å². The quantitative estimate of drug-likeness (QED) is 0.650. The number of hydrogen-bond acceptors (Lipinski definition) is 0. The molecule has 0 radical (unpaired) electrons. The van der Waals surface area contributed by atoms with Gasteiger partial charge in [-0.05, 0) is 19.4 Å². The SMILES string of the molecule is C=C(C)c1cccc(C(C)F)c1F. The molecule has 1 aromatic carbocycles. The minimum Gasteiger partial charge on any atom is -0.242 e. The van der Waals surface area contributed by atoms with E-state index in [0.717, 1.165) is 0 Å². The van der Waals surface area contributed by atoms with Crippen LogP contribution in [0.25, 0.3) is 5.57 Å². The third kappa shape index (κ3) is 1.94. The number of halogens is 2. The van der Waals surface area contributed by atoms with Gasteiger partial charge in [-0.25, -0.2) is 8.78 Å². The summed E-state index contributed by atoms with van der Waals surface area (Å²) in [6.45, 7) is 6.64. The topological polar surface area (TPSA) is 0 Å². The van der Waals surface area contributed by atoms with Crippen LogP contribution in [0.15, 0.2) is 24.8 Å². The summed E-state index contributed by atoms with van der Waals surface area (Å²) in [7, 11) is 0. The molecule has 2 heteroatoms. The van der Waals surface area contributed by atoms with Crippen molar-refractivity contribution in [3.63, 3.8) is 0 Å². The summed E-state index contributed by atoms with van der Waals surface area (Å²) in [5.41, 5.74) is 1.10. The van der Waals surface area contributed by atoms with Crippen molar-refractivity contribution in [1.82, 2.24) is 0 Å². The van der Waals surface area contributed by atoms with E-state index in [4.69, 9.17) is 0 Å². The summed E-state index contributed by atoms with van der Waals surface area (Å²) >= 11 is 0. The highest BCUT2D eigenvalue weighted by atomic mass is 19.1. The van der Waals surface area contributed by atoms with Gasteiger partial charge < -0.3 is 0 Å². The van der Waals surface area contributed by atoms with Crippen LogP contribution < -0.4 is 0 Å². The van der Waals surface area contributed by atoms with Crippen LogP contribution in [0.3, 0.4) is 0 Å². The molecule has 0 saturated carbocycles. The van der Waals surface area contributed by atoms with E-state index in [1.807, 2.05) is 0 Å². The summed E-state index contributed by atoms with van der Waals surface area (Å²) in [5, 5.41) is 0. The van der Waals surface area contributed by atoms with Crippen molar-refractivity contribution < 1.29 is 8.78 Å². The van der Waals surface area contributed by atoms with Gasteiger partial charge in [-0.15, -0.1) is 0 Å². The maximum atomic E-state index is 13.5. The highest BCUT2D eigenvalue weighted by Gasteiger charge is 2.12. The van der Waals surface area contributed by atoms with Crippen LogP contribution >= 0.6 is 0 Å². The molecule has 0 aromatic heterocycles. The second-order valence-electron chi connectivity index (χ2n) is 3.11. The lowest BCUT2D eigenvalue weighted by Crippen LogP contribution is -1.95. The molecule has 13 heavy (non-hydrogen) atoms. The molecule has 1 unspecified atom stereocenters. The van der Waals surface area contributed by atoms with Gasteiger partial charge in [-0.1, -0.05) is 24.8 Å². The van der Waals surface area contributed by atoms with Crippen molar-refractivity contribution in [3.05, 3.63) is 41.7 Å². The molecule has 1 aromatic rings. The highest BCUT2D eigenvalue weighted by Crippen LogP contribution is 2.25. The molecule has 0 nitrogen and oxygen atoms in total. The predicted octanol–water partition coefficient (Wildman–Crippen LogP) is 3.89. The van der Waals surface area contributed by atoms with Crippen LogP contribution in [0.4, 0.5) is 8.78 Å². The van der Waals surface area contributed by atoms with Gasteiger partial charge >= 0.3 is 0 Å². The number of benzene rings is 1. The fraction of sp³-hybridized carbons (Fsp3) is 0.273. The predicted molar refractivity (Wildman–Crippen MR) is 50.6 cm³/mol. The lowest BCUT2D eigenvalue weighted by atomic mass is 10.0. The van der Waals surface area contributed by atoms with E-state index in [9.17, 15) is 8.78 Å². The maximum Gasteiger partial charge on any atom is 0.136 e. The third-order valence-electron chi connectivity index (χ3n) is 1.92. The lowest BCUT2D eigenvalue weighted by molar-refractivity contribution is 0.361. The normalized spacial score (nSPS) is 12.6. The van der Waals surface area contributed by atoms with Crippen molar-refractivity contribution in [2.75, 3.05) is 0 Å². The van der Waals surface area contributed by atoms with Crippen LogP contribution in [0.1, 0.15) is 31.1 Å². The molecule has 70 valence electrons. The number of rotatable bonds is 2. The first-order chi connectivity index (χ1) is 6.04. The van der Waals surface area contributed by atoms with Gasteiger partial charge in [0, 0.05) is 11.1 Å². The Kier molecular flexibility index (Phi) is 2.81. The number of alkyl halides is 1. The molecule has 0 spiro atoms. The summed E-state index contributed by atoms with van der Waals surface area (Å²) in [4.78, 5) is 0. The Morgan fingerprint density at radius 2 is 2.08 bits per heavy atom. The van der Waals surface area contributed by atoms with Crippen LogP contribution in [0.5, 0.6) is 0 Å². The van der Waals surface area contributed by atoms with E-state index in [2.05, 4.69) is 6.58 Å². The first-order valence-electron chi connectivity index (χ1n) is 4.12. The zero-order valence-electron chi connectivity index (χ0n) is 7.77. The van der Waals surface area contributed by atoms with Gasteiger partial charge in [-0.3, -0.25) is 0 Å². The molecule has 1 rings (SSSR count). The van der Waals surface area contributed by atoms with Gasteiger partial charge in [0.25, 0.3) is 0 Å². The molecule has 0 aliphatic rings. The van der Waals surface area contributed by atoms with E-state index in [-0.39, 0.29) is 5.56 Å². The molecular formula is C11H12F2. The first-order valence-corrected chi connectivity index (χ1v) is 4.12. The number of hydrogen-bond donors (Lipinski definition) is 0. The largest absolute Gasteiger partial charge is 0.242 e. The third-order valence-corrected chi connectivity index (χ3v) is 1.92. The molecule has 1 atom stereocenters. The molecule has 0 aliphatic carbocycles. The molecule has 0 N–H and O–H groups in total. The second-order valence-corrected chi connectivity index (χ2v) is 3.11. The summed E-state index contributed by atoms with van der Waals surface area (Å²) < 4.78 is 26.3. The Labute approximate surface area is 76.9 Å². The smallest absolute Gasteiger partial charge is 0.136 e. The molecule has 0 amide bonds. The molecule has 0 saturated heterocycles. The minimum absolute atomic E-state index is 0.0977. The van der Waals surface area contributed by atoms with Gasteiger partial charge in [0.2, 0.25) is 0 Å². The minimum atomic E-state index is -1.28. The van der Waals surface area contributed by atoms with E-state index >= 15 is 0 Å². The average molecular weight is 182 g/mol. The zero-order valence-corrected chi connectivity index (χ0v) is 7.77. The molecule has 0 heterocycles. The van der Waals surface area contributed by atoms with Gasteiger partial charge in [0.05, 0.1) is 0 Å². The summed E-state index contributed by atoms with van der Waals surface area (Å²) in [5.74, 6) is -0.495. The van der Waals surface area contributed by atoms with Crippen molar-refractivity contribution in [1.29, 1.82) is 0 Å². The van der Waals surface area contributed by atoms with Crippen LogP contribution in [-0.4, -0.2) is 0 Å². The fourth-order valence-electron chi connectivity index (χ4n) is 1.19. The monoisotopic (exact) mass is 182 g/mol. The Morgan fingerprint density at radius 3 is 2.54 bits per heavy atom. The Morgan fingerprint density at radius 1 is 1.46 bits per heavy atom. The van der Waals surface area contributed by atoms with Crippen LogP contribution in [-0.2, 0) is 0 Å². The van der Waals surface area contributed by atoms with E-state index in [0.29, 0.717) is 11.1 Å². The second kappa shape index (κ2) is 3.69. The standard InChI is InChI=1S/C11H12F2/c1-7(2)9-5-4-6-10(8(3)12)11(9)13/h4-6,8H,1H2,2-3H3. The van der Waals surface area contributed by atoms with Crippen molar-refractivity contribution in [3.8, 4) is 0 Å². The van der Waals surface area contributed by atoms with Crippen molar-refractivity contribution >= 4 is 5.57 Å². The molecule has 0 fully saturated rings. The zero-order chi connectivity index (χ0) is 10.0. The summed E-state index contributed by atoms with van der Waals surface area (Å²) in [6, 6.07) is 4.69. The fourth-order valence-corrected chi connectivity index (χ4v) is 1.19. The average Bonchev–Trinajstić information content (AvgIpc) is 2.03. The van der Waals surface area contributed by atoms with Crippen molar-refractivity contribution in [2.24, 2.45) is 0 Å². The van der Waals surface area contributed by atoms with Gasteiger partial charge in [0.1, 0.15) is 12.0 Å². The van der Waals surface area contributed by atoms with Crippen molar-refractivity contribution in [2.45, 2.75) is 20.0 Å². The molecule has 0 bridgehead atoms. The van der Waals surface area contributed by atoms with E-state index in [1.165, 1.54) is 13.0 Å². The maximum absolute atomic E-state index is 13.5. The number of allylic oxidation sites excluding steroid dienone is 1. The van der Waals surface area contributed by atoms with Crippen LogP contribution in [0, 0.1) is 5.82 Å². The van der Waals surface area contributed by atoms with Gasteiger partial charge in [-0.2, -0.15) is 0 Å². The van der Waals surface area contributed by atoms with E-state index in [1.54, 1.807) is 19.1 Å². The molecular weight excluding hydrogens is 170 g/mol. The summed E-state index contributed by atoms with van der Waals surface area (Å²) in [6.07, 6.45) is -1.28. The van der Waals surface area contributed by atoms with E-state index < -0.39 is 12.0 Å². The Balaban J connectivity index is 3.26. The lowest BCUT2D eigenvalue weighted by Gasteiger charge is -2.08. The van der Waals surface area contributed by atoms with Crippen LogP contribution in [0.2, 0.25) is 0 Å². The molecule has 0 aliphatic heterocycles. The Bertz CT molecular complexity index is 327. The first kappa shape index (κ1) is 9.90. The Hall–Kier alpha value is -1.18. The highest BCUT2D eigenvalue weighted by molar-refractivity contribution is 5.62.